The van der Waals surface area contributed by atoms with Crippen LogP contribution < -0.4 is 5.32 Å². The molecule has 0 bridgehead atoms. The highest BCUT2D eigenvalue weighted by atomic mass is 16.5. The molecule has 0 saturated carbocycles. The maximum Gasteiger partial charge on any atom is 0.318 e. The van der Waals surface area contributed by atoms with Crippen molar-refractivity contribution in [1.29, 1.82) is 0 Å². The third kappa shape index (κ3) is 2.11. The molecule has 0 aromatic carbocycles. The summed E-state index contributed by atoms with van der Waals surface area (Å²) < 4.78 is 5.19. The first-order chi connectivity index (χ1) is 7.70. The number of ether oxygens (including phenoxy) is 1. The summed E-state index contributed by atoms with van der Waals surface area (Å²) in [5.41, 5.74) is 0. The van der Waals surface area contributed by atoms with Gasteiger partial charge in [-0.25, -0.2) is 4.79 Å². The molecule has 2 aliphatic heterocycles. The maximum absolute atomic E-state index is 12.1. The molecule has 16 heavy (non-hydrogen) atoms. The number of nitrogens with zero attached hydrogens (tertiary/aromatic N) is 2. The molecule has 0 aromatic rings. The fourth-order valence-electron chi connectivity index (χ4n) is 2.04. The van der Waals surface area contributed by atoms with Gasteiger partial charge in [-0.3, -0.25) is 4.79 Å². The topological polar surface area (TPSA) is 61.9 Å². The molecule has 6 nitrogen and oxygen atoms in total. The second kappa shape index (κ2) is 4.69. The summed E-state index contributed by atoms with van der Waals surface area (Å²) >= 11 is 0. The fourth-order valence-corrected chi connectivity index (χ4v) is 2.04. The van der Waals surface area contributed by atoms with Crippen LogP contribution in [0.4, 0.5) is 4.79 Å². The zero-order chi connectivity index (χ0) is 11.5. The lowest BCUT2D eigenvalue weighted by Crippen LogP contribution is -2.51. The van der Waals surface area contributed by atoms with Crippen LogP contribution in [-0.2, 0) is 9.53 Å². The Bertz CT molecular complexity index is 289. The number of urea groups is 1. The van der Waals surface area contributed by atoms with E-state index in [1.54, 1.807) is 16.7 Å². The lowest BCUT2D eigenvalue weighted by Gasteiger charge is -2.32. The SMILES string of the molecule is CC(C(=O)N1CCOCC1)N1CCNC1=O. The summed E-state index contributed by atoms with van der Waals surface area (Å²) in [5, 5.41) is 2.70. The van der Waals surface area contributed by atoms with Crippen LogP contribution in [-0.4, -0.2) is 67.2 Å². The van der Waals surface area contributed by atoms with Crippen LogP contribution in [0.25, 0.3) is 0 Å². The number of carbonyl (C=O) groups is 2. The van der Waals surface area contributed by atoms with E-state index in [-0.39, 0.29) is 18.0 Å². The Morgan fingerprint density at radius 2 is 2.06 bits per heavy atom. The first kappa shape index (κ1) is 11.2. The van der Waals surface area contributed by atoms with Crippen molar-refractivity contribution in [3.05, 3.63) is 0 Å². The quantitative estimate of drug-likeness (QED) is 0.676. The van der Waals surface area contributed by atoms with Crippen molar-refractivity contribution in [2.45, 2.75) is 13.0 Å². The number of hydrogen-bond acceptors (Lipinski definition) is 3. The number of rotatable bonds is 2. The molecule has 2 heterocycles. The van der Waals surface area contributed by atoms with E-state index in [0.29, 0.717) is 39.4 Å². The summed E-state index contributed by atoms with van der Waals surface area (Å²) in [4.78, 5) is 26.8. The van der Waals surface area contributed by atoms with E-state index in [4.69, 9.17) is 4.74 Å². The highest BCUT2D eigenvalue weighted by Crippen LogP contribution is 2.09. The molecule has 2 fully saturated rings. The minimum atomic E-state index is -0.374. The van der Waals surface area contributed by atoms with Crippen LogP contribution in [0.5, 0.6) is 0 Å². The maximum atomic E-state index is 12.1. The number of amides is 3. The summed E-state index contributed by atoms with van der Waals surface area (Å²) in [7, 11) is 0. The van der Waals surface area contributed by atoms with E-state index in [0.717, 1.165) is 0 Å². The molecule has 6 heteroatoms. The Kier molecular flexibility index (Phi) is 3.28. The van der Waals surface area contributed by atoms with Gasteiger partial charge in [0.05, 0.1) is 13.2 Å². The molecule has 3 amide bonds. The summed E-state index contributed by atoms with van der Waals surface area (Å²) in [6.45, 7) is 5.44. The molecule has 2 rings (SSSR count). The summed E-state index contributed by atoms with van der Waals surface area (Å²) in [6.07, 6.45) is 0. The van der Waals surface area contributed by atoms with Crippen molar-refractivity contribution in [3.8, 4) is 0 Å². The lowest BCUT2D eigenvalue weighted by atomic mass is 10.2. The lowest BCUT2D eigenvalue weighted by molar-refractivity contribution is -0.139. The predicted molar refractivity (Wildman–Crippen MR) is 57.0 cm³/mol. The molecule has 2 saturated heterocycles. The van der Waals surface area contributed by atoms with Gasteiger partial charge in [-0.2, -0.15) is 0 Å². The van der Waals surface area contributed by atoms with E-state index in [9.17, 15) is 9.59 Å². The molecular weight excluding hydrogens is 210 g/mol. The molecule has 0 aromatic heterocycles. The van der Waals surface area contributed by atoms with E-state index >= 15 is 0 Å². The largest absolute Gasteiger partial charge is 0.378 e. The average molecular weight is 227 g/mol. The average Bonchev–Trinajstić information content (AvgIpc) is 2.75. The van der Waals surface area contributed by atoms with Crippen LogP contribution in [0, 0.1) is 0 Å². The monoisotopic (exact) mass is 227 g/mol. The molecule has 1 unspecified atom stereocenters. The van der Waals surface area contributed by atoms with Crippen molar-refractivity contribution >= 4 is 11.9 Å². The molecule has 0 spiro atoms. The minimum Gasteiger partial charge on any atom is -0.378 e. The molecule has 1 atom stereocenters. The Labute approximate surface area is 94.5 Å². The standard InChI is InChI=1S/C10H17N3O3/c1-8(13-3-2-11-10(13)15)9(14)12-4-6-16-7-5-12/h8H,2-7H2,1H3,(H,11,15). The van der Waals surface area contributed by atoms with Gasteiger partial charge in [-0.15, -0.1) is 0 Å². The predicted octanol–water partition coefficient (Wildman–Crippen LogP) is -0.741. The normalized spacial score (nSPS) is 23.2. The third-order valence-corrected chi connectivity index (χ3v) is 3.04. The Morgan fingerprint density at radius 1 is 1.38 bits per heavy atom. The van der Waals surface area contributed by atoms with Gasteiger partial charge >= 0.3 is 6.03 Å². The summed E-state index contributed by atoms with van der Waals surface area (Å²) in [6, 6.07) is -0.519. The highest BCUT2D eigenvalue weighted by Gasteiger charge is 2.32. The second-order valence-electron chi connectivity index (χ2n) is 4.04. The van der Waals surface area contributed by atoms with Gasteiger partial charge in [0.1, 0.15) is 6.04 Å². The highest BCUT2D eigenvalue weighted by molar-refractivity contribution is 5.87. The van der Waals surface area contributed by atoms with Crippen molar-refractivity contribution in [3.63, 3.8) is 0 Å². The van der Waals surface area contributed by atoms with Gasteiger partial charge in [0.25, 0.3) is 0 Å². The second-order valence-corrected chi connectivity index (χ2v) is 4.04. The van der Waals surface area contributed by atoms with Gasteiger partial charge < -0.3 is 19.9 Å². The fraction of sp³-hybridized carbons (Fsp3) is 0.800. The van der Waals surface area contributed by atoms with Gasteiger partial charge in [0.15, 0.2) is 0 Å². The van der Waals surface area contributed by atoms with Crippen molar-refractivity contribution in [1.82, 2.24) is 15.1 Å². The molecular formula is C10H17N3O3. The van der Waals surface area contributed by atoms with Gasteiger partial charge in [-0.05, 0) is 6.92 Å². The van der Waals surface area contributed by atoms with E-state index in [1.165, 1.54) is 0 Å². The molecule has 2 aliphatic rings. The first-order valence-corrected chi connectivity index (χ1v) is 5.61. The van der Waals surface area contributed by atoms with E-state index in [1.807, 2.05) is 0 Å². The zero-order valence-electron chi connectivity index (χ0n) is 9.44. The van der Waals surface area contributed by atoms with Gasteiger partial charge in [0.2, 0.25) is 5.91 Å². The van der Waals surface area contributed by atoms with Crippen LogP contribution in [0.3, 0.4) is 0 Å². The zero-order valence-corrected chi connectivity index (χ0v) is 9.44. The number of nitrogens with one attached hydrogen (secondary N) is 1. The van der Waals surface area contributed by atoms with Gasteiger partial charge in [-0.1, -0.05) is 0 Å². The molecule has 1 N–H and O–H groups in total. The van der Waals surface area contributed by atoms with Crippen molar-refractivity contribution in [2.24, 2.45) is 0 Å². The Balaban J connectivity index is 1.95. The minimum absolute atomic E-state index is 0.0142. The first-order valence-electron chi connectivity index (χ1n) is 5.61. The number of carbonyl (C=O) groups excluding carboxylic acids is 2. The molecule has 0 aliphatic carbocycles. The Hall–Kier alpha value is -1.30. The van der Waals surface area contributed by atoms with Crippen molar-refractivity contribution in [2.75, 3.05) is 39.4 Å². The van der Waals surface area contributed by atoms with Crippen LogP contribution in [0.1, 0.15) is 6.92 Å². The van der Waals surface area contributed by atoms with E-state index < -0.39 is 0 Å². The van der Waals surface area contributed by atoms with Crippen LogP contribution in [0.2, 0.25) is 0 Å². The molecule has 0 radical (unpaired) electrons. The summed E-state index contributed by atoms with van der Waals surface area (Å²) in [5.74, 6) is 0.0142. The Morgan fingerprint density at radius 3 is 2.62 bits per heavy atom. The number of morpholine rings is 1. The van der Waals surface area contributed by atoms with Crippen LogP contribution >= 0.6 is 0 Å². The van der Waals surface area contributed by atoms with Gasteiger partial charge in [0, 0.05) is 26.2 Å². The molecule has 90 valence electrons. The van der Waals surface area contributed by atoms with Crippen molar-refractivity contribution < 1.29 is 14.3 Å². The third-order valence-electron chi connectivity index (χ3n) is 3.04. The van der Waals surface area contributed by atoms with Crippen LogP contribution in [0.15, 0.2) is 0 Å². The smallest absolute Gasteiger partial charge is 0.318 e. The number of hydrogen-bond donors (Lipinski definition) is 1. The van der Waals surface area contributed by atoms with E-state index in [2.05, 4.69) is 5.32 Å².